The van der Waals surface area contributed by atoms with Crippen LogP contribution in [-0.4, -0.2) is 18.4 Å². The molecule has 0 radical (unpaired) electrons. The highest BCUT2D eigenvalue weighted by Crippen LogP contribution is 2.31. The summed E-state index contributed by atoms with van der Waals surface area (Å²) in [5.74, 6) is 0.593. The summed E-state index contributed by atoms with van der Waals surface area (Å²) in [5.41, 5.74) is 4.08. The van der Waals surface area contributed by atoms with Gasteiger partial charge in [-0.05, 0) is 36.2 Å². The van der Waals surface area contributed by atoms with Crippen molar-refractivity contribution in [1.82, 2.24) is 4.98 Å². The van der Waals surface area contributed by atoms with Gasteiger partial charge in [-0.25, -0.2) is 0 Å². The molecule has 3 aromatic rings. The molecule has 0 spiro atoms. The maximum atomic E-state index is 10.7. The second-order valence-electron chi connectivity index (χ2n) is 4.97. The lowest BCUT2D eigenvalue weighted by molar-refractivity contribution is -0.107. The van der Waals surface area contributed by atoms with Gasteiger partial charge in [0, 0.05) is 12.1 Å². The zero-order valence-corrected chi connectivity index (χ0v) is 12.4. The van der Waals surface area contributed by atoms with E-state index in [1.165, 1.54) is 0 Å². The van der Waals surface area contributed by atoms with Crippen LogP contribution < -0.4 is 10.1 Å². The number of hydrogen-bond acceptors (Lipinski definition) is 5. The summed E-state index contributed by atoms with van der Waals surface area (Å²) < 4.78 is 11.1. The molecule has 0 atom stereocenters. The van der Waals surface area contributed by atoms with E-state index in [1.54, 1.807) is 13.2 Å². The van der Waals surface area contributed by atoms with Crippen LogP contribution in [0.1, 0.15) is 11.1 Å². The lowest BCUT2D eigenvalue weighted by Crippen LogP contribution is -1.92. The Hall–Kier alpha value is -2.82. The van der Waals surface area contributed by atoms with E-state index in [0.717, 1.165) is 23.1 Å². The average Bonchev–Trinajstić information content (AvgIpc) is 2.91. The van der Waals surface area contributed by atoms with Gasteiger partial charge < -0.3 is 19.3 Å². The Morgan fingerprint density at radius 3 is 2.86 bits per heavy atom. The van der Waals surface area contributed by atoms with E-state index in [0.29, 0.717) is 29.3 Å². The first-order valence-corrected chi connectivity index (χ1v) is 6.95. The summed E-state index contributed by atoms with van der Waals surface area (Å²) >= 11 is 0. The van der Waals surface area contributed by atoms with Gasteiger partial charge in [0.15, 0.2) is 11.1 Å². The van der Waals surface area contributed by atoms with Crippen LogP contribution in [0.3, 0.4) is 0 Å². The molecule has 2 aromatic carbocycles. The number of ether oxygens (including phenoxy) is 1. The smallest absolute Gasteiger partial charge is 0.300 e. The second kappa shape index (κ2) is 5.89. The highest BCUT2D eigenvalue weighted by Gasteiger charge is 2.13. The molecule has 0 aliphatic heterocycles. The van der Waals surface area contributed by atoms with Crippen LogP contribution in [0.2, 0.25) is 0 Å². The molecule has 112 valence electrons. The molecular formula is C17H16N2O3. The van der Waals surface area contributed by atoms with Crippen LogP contribution in [0, 0.1) is 6.92 Å². The number of nitrogens with one attached hydrogen (secondary N) is 1. The van der Waals surface area contributed by atoms with Crippen molar-refractivity contribution in [2.75, 3.05) is 12.4 Å². The minimum Gasteiger partial charge on any atom is -0.494 e. The topological polar surface area (TPSA) is 64.4 Å². The van der Waals surface area contributed by atoms with Gasteiger partial charge in [-0.15, -0.1) is 0 Å². The number of rotatable bonds is 5. The number of para-hydroxylation sites is 1. The Kier molecular flexibility index (Phi) is 3.78. The highest BCUT2D eigenvalue weighted by atomic mass is 16.5. The molecule has 0 bridgehead atoms. The fraction of sp³-hybridized carbons (Fsp3) is 0.176. The third-order valence-corrected chi connectivity index (χ3v) is 3.45. The predicted molar refractivity (Wildman–Crippen MR) is 84.8 cm³/mol. The fourth-order valence-corrected chi connectivity index (χ4v) is 2.30. The van der Waals surface area contributed by atoms with E-state index in [4.69, 9.17) is 9.15 Å². The molecule has 0 saturated carbocycles. The van der Waals surface area contributed by atoms with Crippen molar-refractivity contribution < 1.29 is 13.9 Å². The lowest BCUT2D eigenvalue weighted by atomic mass is 10.1. The number of aldehydes is 1. The van der Waals surface area contributed by atoms with Crippen LogP contribution in [0.15, 0.2) is 40.8 Å². The van der Waals surface area contributed by atoms with Gasteiger partial charge in [-0.2, -0.15) is 4.98 Å². The van der Waals surface area contributed by atoms with Crippen molar-refractivity contribution in [2.24, 2.45) is 0 Å². The van der Waals surface area contributed by atoms with Gasteiger partial charge >= 0.3 is 0 Å². The van der Waals surface area contributed by atoms with E-state index >= 15 is 0 Å². The maximum absolute atomic E-state index is 10.7. The molecule has 0 aliphatic carbocycles. The Morgan fingerprint density at radius 1 is 1.32 bits per heavy atom. The third kappa shape index (κ3) is 2.65. The Bertz CT molecular complexity index is 824. The Balaban J connectivity index is 2.02. The van der Waals surface area contributed by atoms with Crippen molar-refractivity contribution >= 4 is 29.1 Å². The van der Waals surface area contributed by atoms with Crippen molar-refractivity contribution in [3.8, 4) is 5.75 Å². The summed E-state index contributed by atoms with van der Waals surface area (Å²) in [6.45, 7) is 2.01. The maximum Gasteiger partial charge on any atom is 0.300 e. The van der Waals surface area contributed by atoms with E-state index < -0.39 is 0 Å². The van der Waals surface area contributed by atoms with E-state index in [2.05, 4.69) is 10.3 Å². The van der Waals surface area contributed by atoms with E-state index in [-0.39, 0.29) is 0 Å². The van der Waals surface area contributed by atoms with Gasteiger partial charge in [-0.1, -0.05) is 18.2 Å². The molecule has 5 nitrogen and oxygen atoms in total. The van der Waals surface area contributed by atoms with E-state index in [9.17, 15) is 4.79 Å². The van der Waals surface area contributed by atoms with Crippen molar-refractivity contribution in [3.05, 3.63) is 47.5 Å². The molecule has 0 fully saturated rings. The number of anilines is 2. The first-order valence-electron chi connectivity index (χ1n) is 6.95. The van der Waals surface area contributed by atoms with Gasteiger partial charge in [0.2, 0.25) is 0 Å². The molecule has 3 rings (SSSR count). The average molecular weight is 296 g/mol. The first-order chi connectivity index (χ1) is 10.7. The summed E-state index contributed by atoms with van der Waals surface area (Å²) in [4.78, 5) is 15.1. The molecule has 0 unspecified atom stereocenters. The first kappa shape index (κ1) is 14.1. The van der Waals surface area contributed by atoms with Crippen LogP contribution in [0.5, 0.6) is 5.75 Å². The minimum atomic E-state index is 0.313. The normalized spacial score (nSPS) is 10.6. The van der Waals surface area contributed by atoms with Crippen LogP contribution in [0.4, 0.5) is 11.7 Å². The number of nitrogens with zero attached hydrogens (tertiary/aromatic N) is 1. The molecule has 0 saturated heterocycles. The number of benzene rings is 2. The quantitative estimate of drug-likeness (QED) is 0.728. The number of fused-ring (bicyclic) bond motifs is 1. The van der Waals surface area contributed by atoms with Crippen LogP contribution in [0.25, 0.3) is 11.1 Å². The van der Waals surface area contributed by atoms with Crippen molar-refractivity contribution in [3.63, 3.8) is 0 Å². The number of methoxy groups -OCH3 is 1. The number of carbonyl (C=O) groups excluding carboxylic acids is 1. The highest BCUT2D eigenvalue weighted by molar-refractivity contribution is 5.83. The van der Waals surface area contributed by atoms with Crippen molar-refractivity contribution in [1.29, 1.82) is 0 Å². The summed E-state index contributed by atoms with van der Waals surface area (Å²) in [5, 5.41) is 3.16. The fourth-order valence-electron chi connectivity index (χ4n) is 2.30. The summed E-state index contributed by atoms with van der Waals surface area (Å²) in [7, 11) is 1.57. The minimum absolute atomic E-state index is 0.313. The number of oxazole rings is 1. The number of aryl methyl sites for hydroxylation is 1. The molecule has 1 N–H and O–H groups in total. The number of carbonyl (C=O) groups is 1. The predicted octanol–water partition coefficient (Wildman–Crippen LogP) is 3.63. The second-order valence-corrected chi connectivity index (χ2v) is 4.97. The zero-order valence-electron chi connectivity index (χ0n) is 12.4. The number of hydrogen-bond donors (Lipinski definition) is 1. The molecule has 1 heterocycles. The summed E-state index contributed by atoms with van der Waals surface area (Å²) in [6, 6.07) is 11.9. The molecular weight excluding hydrogens is 280 g/mol. The number of aromatic nitrogens is 1. The molecule has 1 aromatic heterocycles. The monoisotopic (exact) mass is 296 g/mol. The van der Waals surface area contributed by atoms with E-state index in [1.807, 2.05) is 37.3 Å². The molecule has 5 heteroatoms. The molecule has 0 aliphatic rings. The van der Waals surface area contributed by atoms with Crippen molar-refractivity contribution in [2.45, 2.75) is 13.3 Å². The SMILES string of the molecule is COc1cc(CC=O)cc2oc(Nc3ccccc3C)nc12. The summed E-state index contributed by atoms with van der Waals surface area (Å²) in [6.07, 6.45) is 1.16. The third-order valence-electron chi connectivity index (χ3n) is 3.45. The van der Waals surface area contributed by atoms with Gasteiger partial charge in [0.25, 0.3) is 6.01 Å². The Labute approximate surface area is 127 Å². The molecule has 22 heavy (non-hydrogen) atoms. The van der Waals surface area contributed by atoms with Gasteiger partial charge in [-0.3, -0.25) is 0 Å². The largest absolute Gasteiger partial charge is 0.494 e. The molecule has 0 amide bonds. The zero-order chi connectivity index (χ0) is 15.5. The van der Waals surface area contributed by atoms with Gasteiger partial charge in [0.1, 0.15) is 12.0 Å². The lowest BCUT2D eigenvalue weighted by Gasteiger charge is -2.04. The Morgan fingerprint density at radius 2 is 2.14 bits per heavy atom. The van der Waals surface area contributed by atoms with Gasteiger partial charge in [0.05, 0.1) is 7.11 Å². The van der Waals surface area contributed by atoms with Crippen LogP contribution >= 0.6 is 0 Å². The van der Waals surface area contributed by atoms with Crippen LogP contribution in [-0.2, 0) is 11.2 Å². The standard InChI is InChI=1S/C17H16N2O3/c1-11-5-3-4-6-13(11)18-17-19-16-14(21-2)9-12(7-8-20)10-15(16)22-17/h3-6,8-10H,7H2,1-2H3,(H,18,19).